The Morgan fingerprint density at radius 1 is 1.43 bits per heavy atom. The molecule has 78 valence electrons. The van der Waals surface area contributed by atoms with Crippen LogP contribution in [0.2, 0.25) is 0 Å². The lowest BCUT2D eigenvalue weighted by Crippen LogP contribution is -2.02. The molecule has 1 aromatic rings. The summed E-state index contributed by atoms with van der Waals surface area (Å²) in [5.74, 6) is 1.22. The Labute approximate surface area is 98.8 Å². The van der Waals surface area contributed by atoms with Crippen molar-refractivity contribution in [1.29, 1.82) is 0 Å². The molecule has 0 saturated carbocycles. The number of hydrogen-bond acceptors (Lipinski definition) is 2. The molecule has 0 spiro atoms. The first kappa shape index (κ1) is 11.9. The quantitative estimate of drug-likeness (QED) is 0.817. The maximum atomic E-state index is 3.52. The summed E-state index contributed by atoms with van der Waals surface area (Å²) in [7, 11) is 0. The molecule has 1 nitrogen and oxygen atoms in total. The van der Waals surface area contributed by atoms with Crippen molar-refractivity contribution in [2.24, 2.45) is 0 Å². The van der Waals surface area contributed by atoms with E-state index in [1.807, 2.05) is 11.8 Å². The predicted octanol–water partition coefficient (Wildman–Crippen LogP) is 3.92. The third-order valence-electron chi connectivity index (χ3n) is 2.03. The number of nitrogens with one attached hydrogen (secondary N) is 1. The normalized spacial score (nSPS) is 10.2. The Balaban J connectivity index is 2.39. The van der Waals surface area contributed by atoms with Gasteiger partial charge in [-0.15, -0.1) is 0 Å². The highest BCUT2D eigenvalue weighted by atomic mass is 79.9. The SMILES string of the molecule is CSCCCNc1ccc(C)c(Br)c1. The van der Waals surface area contributed by atoms with Gasteiger partial charge in [-0.2, -0.15) is 11.8 Å². The molecule has 0 bridgehead atoms. The highest BCUT2D eigenvalue weighted by Crippen LogP contribution is 2.20. The average Bonchev–Trinajstić information content (AvgIpc) is 2.18. The molecule has 1 N–H and O–H groups in total. The molecule has 0 unspecified atom stereocenters. The van der Waals surface area contributed by atoms with Gasteiger partial charge in [-0.25, -0.2) is 0 Å². The van der Waals surface area contributed by atoms with Crippen molar-refractivity contribution in [3.63, 3.8) is 0 Å². The van der Waals surface area contributed by atoms with Crippen molar-refractivity contribution in [2.75, 3.05) is 23.9 Å². The van der Waals surface area contributed by atoms with Crippen LogP contribution in [0.25, 0.3) is 0 Å². The zero-order valence-corrected chi connectivity index (χ0v) is 11.0. The van der Waals surface area contributed by atoms with Gasteiger partial charge in [-0.1, -0.05) is 22.0 Å². The molecule has 0 saturated heterocycles. The number of rotatable bonds is 5. The van der Waals surface area contributed by atoms with Gasteiger partial charge >= 0.3 is 0 Å². The average molecular weight is 274 g/mol. The summed E-state index contributed by atoms with van der Waals surface area (Å²) in [5.41, 5.74) is 2.48. The van der Waals surface area contributed by atoms with E-state index in [2.05, 4.69) is 52.6 Å². The second-order valence-corrected chi connectivity index (χ2v) is 5.08. The minimum absolute atomic E-state index is 1.05. The standard InChI is InChI=1S/C11H16BrNS/c1-9-4-5-10(8-11(9)12)13-6-3-7-14-2/h4-5,8,13H,3,6-7H2,1-2H3. The number of halogens is 1. The highest BCUT2D eigenvalue weighted by Gasteiger charge is 1.96. The maximum absolute atomic E-state index is 3.52. The van der Waals surface area contributed by atoms with Crippen molar-refractivity contribution < 1.29 is 0 Å². The zero-order chi connectivity index (χ0) is 10.4. The summed E-state index contributed by atoms with van der Waals surface area (Å²) in [5, 5.41) is 3.40. The van der Waals surface area contributed by atoms with Crippen LogP contribution in [-0.4, -0.2) is 18.6 Å². The third kappa shape index (κ3) is 3.93. The second kappa shape index (κ2) is 6.36. The molecule has 1 rings (SSSR count). The summed E-state index contributed by atoms with van der Waals surface area (Å²) >= 11 is 5.42. The maximum Gasteiger partial charge on any atom is 0.0351 e. The first-order chi connectivity index (χ1) is 6.74. The molecular weight excluding hydrogens is 258 g/mol. The van der Waals surface area contributed by atoms with Gasteiger partial charge in [0.1, 0.15) is 0 Å². The number of aryl methyl sites for hydroxylation is 1. The molecule has 0 aromatic heterocycles. The van der Waals surface area contributed by atoms with Crippen LogP contribution in [-0.2, 0) is 0 Å². The van der Waals surface area contributed by atoms with E-state index < -0.39 is 0 Å². The van der Waals surface area contributed by atoms with Gasteiger partial charge < -0.3 is 5.32 Å². The third-order valence-corrected chi connectivity index (χ3v) is 3.58. The Morgan fingerprint density at radius 2 is 2.21 bits per heavy atom. The molecular formula is C11H16BrNS. The minimum atomic E-state index is 1.05. The van der Waals surface area contributed by atoms with Crippen LogP contribution in [0, 0.1) is 6.92 Å². The van der Waals surface area contributed by atoms with Gasteiger partial charge in [-0.3, -0.25) is 0 Å². The van der Waals surface area contributed by atoms with Crippen molar-refractivity contribution in [1.82, 2.24) is 0 Å². The van der Waals surface area contributed by atoms with Gasteiger partial charge in [0.25, 0.3) is 0 Å². The van der Waals surface area contributed by atoms with Crippen LogP contribution < -0.4 is 5.32 Å². The van der Waals surface area contributed by atoms with E-state index in [1.165, 1.54) is 27.9 Å². The monoisotopic (exact) mass is 273 g/mol. The van der Waals surface area contributed by atoms with Gasteiger partial charge in [0.05, 0.1) is 0 Å². The van der Waals surface area contributed by atoms with Crippen LogP contribution >= 0.6 is 27.7 Å². The van der Waals surface area contributed by atoms with Crippen LogP contribution in [0.3, 0.4) is 0 Å². The number of hydrogen-bond donors (Lipinski definition) is 1. The number of thioether (sulfide) groups is 1. The first-order valence-electron chi connectivity index (χ1n) is 4.73. The molecule has 0 aliphatic rings. The van der Waals surface area contributed by atoms with E-state index >= 15 is 0 Å². The fourth-order valence-electron chi connectivity index (χ4n) is 1.15. The summed E-state index contributed by atoms with van der Waals surface area (Å²) in [6, 6.07) is 6.38. The predicted molar refractivity (Wildman–Crippen MR) is 70.4 cm³/mol. The van der Waals surface area contributed by atoms with Gasteiger partial charge in [0.2, 0.25) is 0 Å². The molecule has 0 aliphatic carbocycles. The van der Waals surface area contributed by atoms with Gasteiger partial charge in [0, 0.05) is 16.7 Å². The molecule has 0 heterocycles. The summed E-state index contributed by atoms with van der Waals surface area (Å²) in [6.07, 6.45) is 3.36. The number of benzene rings is 1. The highest BCUT2D eigenvalue weighted by molar-refractivity contribution is 9.10. The summed E-state index contributed by atoms with van der Waals surface area (Å²) in [6.45, 7) is 3.15. The van der Waals surface area contributed by atoms with Crippen molar-refractivity contribution in [2.45, 2.75) is 13.3 Å². The lowest BCUT2D eigenvalue weighted by molar-refractivity contribution is 0.993. The zero-order valence-electron chi connectivity index (χ0n) is 8.64. The Morgan fingerprint density at radius 3 is 2.86 bits per heavy atom. The fourth-order valence-corrected chi connectivity index (χ4v) is 1.96. The van der Waals surface area contributed by atoms with E-state index in [9.17, 15) is 0 Å². The van der Waals surface area contributed by atoms with Crippen LogP contribution in [0.15, 0.2) is 22.7 Å². The molecule has 0 aliphatic heterocycles. The molecule has 0 atom stereocenters. The molecule has 14 heavy (non-hydrogen) atoms. The number of anilines is 1. The van der Waals surface area contributed by atoms with Crippen LogP contribution in [0.4, 0.5) is 5.69 Å². The molecule has 1 aromatic carbocycles. The lowest BCUT2D eigenvalue weighted by Gasteiger charge is -2.07. The van der Waals surface area contributed by atoms with Crippen molar-refractivity contribution in [3.8, 4) is 0 Å². The lowest BCUT2D eigenvalue weighted by atomic mass is 10.2. The summed E-state index contributed by atoms with van der Waals surface area (Å²) < 4.78 is 1.17. The molecule has 0 fully saturated rings. The van der Waals surface area contributed by atoms with E-state index in [0.717, 1.165) is 6.54 Å². The van der Waals surface area contributed by atoms with Crippen LogP contribution in [0.1, 0.15) is 12.0 Å². The first-order valence-corrected chi connectivity index (χ1v) is 6.91. The van der Waals surface area contributed by atoms with E-state index in [1.54, 1.807) is 0 Å². The van der Waals surface area contributed by atoms with Crippen molar-refractivity contribution in [3.05, 3.63) is 28.2 Å². The van der Waals surface area contributed by atoms with Crippen molar-refractivity contribution >= 4 is 33.4 Å². The van der Waals surface area contributed by atoms with Gasteiger partial charge in [-0.05, 0) is 43.0 Å². The van der Waals surface area contributed by atoms with Gasteiger partial charge in [0.15, 0.2) is 0 Å². The Kier molecular flexibility index (Phi) is 5.41. The molecule has 0 amide bonds. The minimum Gasteiger partial charge on any atom is -0.385 e. The Bertz CT molecular complexity index is 289. The molecule has 0 radical (unpaired) electrons. The topological polar surface area (TPSA) is 12.0 Å². The Hall–Kier alpha value is -0.150. The van der Waals surface area contributed by atoms with E-state index in [0.29, 0.717) is 0 Å². The summed E-state index contributed by atoms with van der Waals surface area (Å²) in [4.78, 5) is 0. The molecule has 3 heteroatoms. The van der Waals surface area contributed by atoms with E-state index in [4.69, 9.17) is 0 Å². The smallest absolute Gasteiger partial charge is 0.0351 e. The van der Waals surface area contributed by atoms with Crippen LogP contribution in [0.5, 0.6) is 0 Å². The largest absolute Gasteiger partial charge is 0.385 e. The fraction of sp³-hybridized carbons (Fsp3) is 0.455. The van der Waals surface area contributed by atoms with E-state index in [-0.39, 0.29) is 0 Å². The second-order valence-electron chi connectivity index (χ2n) is 3.24.